The van der Waals surface area contributed by atoms with Gasteiger partial charge in [0.2, 0.25) is 0 Å². The van der Waals surface area contributed by atoms with Crippen LogP contribution in [0.25, 0.3) is 16.7 Å². The van der Waals surface area contributed by atoms with Gasteiger partial charge in [0.15, 0.2) is 6.04 Å². The summed E-state index contributed by atoms with van der Waals surface area (Å²) in [4.78, 5) is 29.1. The van der Waals surface area contributed by atoms with Crippen LogP contribution in [0.4, 0.5) is 0 Å². The Morgan fingerprint density at radius 1 is 1.16 bits per heavy atom. The molecule has 0 fully saturated rings. The quantitative estimate of drug-likeness (QED) is 0.486. The largest absolute Gasteiger partial charge is 0.468 e. The van der Waals surface area contributed by atoms with Gasteiger partial charge in [0, 0.05) is 0 Å². The third-order valence-electron chi connectivity index (χ3n) is 3.37. The maximum absolute atomic E-state index is 12.1. The fraction of sp³-hybridized carbons (Fsp3) is 0.316. The van der Waals surface area contributed by atoms with E-state index in [4.69, 9.17) is 9.57 Å². The summed E-state index contributed by atoms with van der Waals surface area (Å²) in [6.45, 7) is 5.48. The molecule has 25 heavy (non-hydrogen) atoms. The minimum atomic E-state index is -1.06. The second kappa shape index (κ2) is 8.23. The Kier molecular flexibility index (Phi) is 6.28. The molecule has 1 aromatic heterocycles. The van der Waals surface area contributed by atoms with E-state index in [0.29, 0.717) is 5.56 Å². The van der Waals surface area contributed by atoms with Gasteiger partial charge in [0.1, 0.15) is 5.94 Å². The van der Waals surface area contributed by atoms with Crippen LogP contribution < -0.4 is 5.48 Å². The van der Waals surface area contributed by atoms with Crippen LogP contribution in [0.15, 0.2) is 41.1 Å². The molecule has 2 rings (SSSR count). The first kappa shape index (κ1) is 19.1. The van der Waals surface area contributed by atoms with E-state index in [0.717, 1.165) is 11.1 Å². The molecular formula is C19H21NO4S. The number of carbonyl (C=O) groups is 1. The molecule has 132 valence electrons. The number of ether oxygens (including phenoxy) is 1. The van der Waals surface area contributed by atoms with Crippen molar-refractivity contribution in [3.05, 3.63) is 46.7 Å². The number of benzene rings is 1. The molecule has 0 aliphatic carbocycles. The lowest BCUT2D eigenvalue weighted by Crippen LogP contribution is -2.43. The average molecular weight is 359 g/mol. The number of hydroxylamine groups is 1. The monoisotopic (exact) mass is 359 g/mol. The van der Waals surface area contributed by atoms with Crippen LogP contribution in [0.1, 0.15) is 26.3 Å². The number of thiophene rings is 1. The minimum Gasteiger partial charge on any atom is -0.468 e. The van der Waals surface area contributed by atoms with Gasteiger partial charge < -0.3 is 4.74 Å². The van der Waals surface area contributed by atoms with E-state index in [9.17, 15) is 9.59 Å². The summed E-state index contributed by atoms with van der Waals surface area (Å²) in [5.74, 6) is 1.23. The predicted octanol–water partition coefficient (Wildman–Crippen LogP) is 3.49. The number of hydrogen-bond donors (Lipinski definition) is 1. The van der Waals surface area contributed by atoms with Crippen molar-refractivity contribution in [2.75, 3.05) is 7.11 Å². The van der Waals surface area contributed by atoms with E-state index in [1.807, 2.05) is 55.7 Å². The molecule has 0 radical (unpaired) electrons. The van der Waals surface area contributed by atoms with Gasteiger partial charge in [-0.25, -0.2) is 9.59 Å². The summed E-state index contributed by atoms with van der Waals surface area (Å²) < 4.78 is 4.78. The van der Waals surface area contributed by atoms with Crippen molar-refractivity contribution in [3.63, 3.8) is 0 Å². The smallest absolute Gasteiger partial charge is 0.330 e. The van der Waals surface area contributed by atoms with E-state index in [2.05, 4.69) is 5.48 Å². The molecule has 0 aliphatic rings. The van der Waals surface area contributed by atoms with Crippen molar-refractivity contribution >= 4 is 28.8 Å². The average Bonchev–Trinajstić information content (AvgIpc) is 3.12. The highest BCUT2D eigenvalue weighted by molar-refractivity contribution is 7.08. The Hall–Kier alpha value is -2.24. The number of esters is 1. The molecule has 2 aromatic rings. The third kappa shape index (κ3) is 5.11. The highest BCUT2D eigenvalue weighted by Crippen LogP contribution is 2.25. The van der Waals surface area contributed by atoms with Crippen LogP contribution in [-0.4, -0.2) is 30.7 Å². The molecule has 1 N–H and O–H groups in total. The lowest BCUT2D eigenvalue weighted by molar-refractivity contribution is -0.150. The summed E-state index contributed by atoms with van der Waals surface area (Å²) in [5.41, 5.74) is 4.94. The van der Waals surface area contributed by atoms with E-state index >= 15 is 0 Å². The Morgan fingerprint density at radius 3 is 2.32 bits per heavy atom. The zero-order valence-electron chi connectivity index (χ0n) is 14.7. The highest BCUT2D eigenvalue weighted by atomic mass is 32.1. The zero-order valence-corrected chi connectivity index (χ0v) is 15.5. The normalized spacial score (nSPS) is 12.3. The first-order valence-corrected chi connectivity index (χ1v) is 8.69. The van der Waals surface area contributed by atoms with Crippen molar-refractivity contribution in [2.45, 2.75) is 32.4 Å². The third-order valence-corrected chi connectivity index (χ3v) is 4.05. The molecule has 0 amide bonds. The second-order valence-electron chi connectivity index (χ2n) is 6.39. The van der Waals surface area contributed by atoms with Crippen molar-refractivity contribution in [3.8, 4) is 11.1 Å². The summed E-state index contributed by atoms with van der Waals surface area (Å²) >= 11 is 1.61. The summed E-state index contributed by atoms with van der Waals surface area (Å²) in [7, 11) is 1.26. The van der Waals surface area contributed by atoms with E-state index < -0.39 is 17.6 Å². The maximum atomic E-state index is 12.1. The Bertz CT molecular complexity index is 754. The van der Waals surface area contributed by atoms with Crippen LogP contribution >= 0.6 is 11.3 Å². The minimum absolute atomic E-state index is 0.132. The molecule has 0 bridgehead atoms. The molecule has 0 saturated carbocycles. The fourth-order valence-corrected chi connectivity index (χ4v) is 2.80. The van der Waals surface area contributed by atoms with E-state index in [-0.39, 0.29) is 5.57 Å². The van der Waals surface area contributed by atoms with Crippen molar-refractivity contribution in [1.29, 1.82) is 0 Å². The van der Waals surface area contributed by atoms with Crippen LogP contribution in [0, 0.1) is 0 Å². The lowest BCUT2D eigenvalue weighted by Gasteiger charge is -2.24. The van der Waals surface area contributed by atoms with Gasteiger partial charge in [-0.05, 0) is 54.3 Å². The first-order chi connectivity index (χ1) is 11.9. The molecule has 0 saturated heterocycles. The van der Waals surface area contributed by atoms with Crippen LogP contribution in [0.3, 0.4) is 0 Å². The molecule has 0 aliphatic heterocycles. The van der Waals surface area contributed by atoms with Gasteiger partial charge in [-0.15, -0.1) is 0 Å². The lowest BCUT2D eigenvalue weighted by atomic mass is 9.98. The SMILES string of the molecule is COC(=O)[C@H](NOC(C)(C)C)C(=C=O)c1ccc(-c2ccsc2)cc1. The standard InChI is InChI=1S/C19H21NO4S/c1-19(2,3)24-20-17(18(22)23-4)16(11-21)14-7-5-13(6-8-14)15-9-10-25-12-15/h5-10,12,17,20H,1-4H3/t17-/m1/s1. The number of hydrogen-bond acceptors (Lipinski definition) is 6. The van der Waals surface area contributed by atoms with Gasteiger partial charge >= 0.3 is 5.97 Å². The van der Waals surface area contributed by atoms with Crippen LogP contribution in [0.2, 0.25) is 0 Å². The number of carbonyl (C=O) groups excluding carboxylic acids is 2. The summed E-state index contributed by atoms with van der Waals surface area (Å²) in [6.07, 6.45) is 0. The van der Waals surface area contributed by atoms with Gasteiger partial charge in [-0.1, -0.05) is 24.3 Å². The maximum Gasteiger partial charge on any atom is 0.330 e. The Morgan fingerprint density at radius 2 is 1.84 bits per heavy atom. The van der Waals surface area contributed by atoms with Crippen molar-refractivity contribution in [2.24, 2.45) is 0 Å². The highest BCUT2D eigenvalue weighted by Gasteiger charge is 2.28. The molecule has 0 unspecified atom stereocenters. The van der Waals surface area contributed by atoms with Crippen molar-refractivity contribution in [1.82, 2.24) is 5.48 Å². The number of methoxy groups -OCH3 is 1. The van der Waals surface area contributed by atoms with Gasteiger partial charge in [0.25, 0.3) is 0 Å². The second-order valence-corrected chi connectivity index (χ2v) is 7.17. The molecule has 1 heterocycles. The van der Waals surface area contributed by atoms with E-state index in [1.165, 1.54) is 7.11 Å². The molecule has 6 heteroatoms. The Balaban J connectivity index is 2.28. The van der Waals surface area contributed by atoms with Gasteiger partial charge in [-0.2, -0.15) is 16.8 Å². The van der Waals surface area contributed by atoms with E-state index in [1.54, 1.807) is 23.5 Å². The molecule has 1 atom stereocenters. The summed E-state index contributed by atoms with van der Waals surface area (Å²) in [6, 6.07) is 8.31. The predicted molar refractivity (Wildman–Crippen MR) is 98.6 cm³/mol. The molecule has 0 spiro atoms. The van der Waals surface area contributed by atoms with Gasteiger partial charge in [-0.3, -0.25) is 4.84 Å². The van der Waals surface area contributed by atoms with Crippen molar-refractivity contribution < 1.29 is 19.2 Å². The zero-order chi connectivity index (χ0) is 18.4. The Labute approximate surface area is 151 Å². The first-order valence-electron chi connectivity index (χ1n) is 7.75. The van der Waals surface area contributed by atoms with Crippen LogP contribution in [0.5, 0.6) is 0 Å². The molecular weight excluding hydrogens is 338 g/mol. The number of rotatable bonds is 6. The van der Waals surface area contributed by atoms with Gasteiger partial charge in [0.05, 0.1) is 18.3 Å². The number of nitrogens with one attached hydrogen (secondary N) is 1. The topological polar surface area (TPSA) is 64.6 Å². The summed E-state index contributed by atoms with van der Waals surface area (Å²) in [5, 5.41) is 4.04. The molecule has 1 aromatic carbocycles. The van der Waals surface area contributed by atoms with Crippen LogP contribution in [-0.2, 0) is 19.2 Å². The fourth-order valence-electron chi connectivity index (χ4n) is 2.13. The molecule has 5 nitrogen and oxygen atoms in total.